The fourth-order valence-corrected chi connectivity index (χ4v) is 2.63. The molecule has 10 heteroatoms. The van der Waals surface area contributed by atoms with Crippen molar-refractivity contribution in [1.29, 1.82) is 0 Å². The molecule has 2 heterocycles. The van der Waals surface area contributed by atoms with Crippen LogP contribution in [0.25, 0.3) is 17.1 Å². The molecule has 9 nitrogen and oxygen atoms in total. The number of carbonyl (C=O) groups is 1. The first-order valence-corrected chi connectivity index (χ1v) is 8.36. The van der Waals surface area contributed by atoms with Crippen LogP contribution in [0.1, 0.15) is 5.56 Å². The number of nitrogens with zero attached hydrogens (tertiary/aromatic N) is 5. The summed E-state index contributed by atoms with van der Waals surface area (Å²) in [4.78, 5) is 20.2. The number of rotatable bonds is 5. The van der Waals surface area contributed by atoms with Gasteiger partial charge in [0, 0.05) is 6.54 Å². The van der Waals surface area contributed by atoms with Crippen LogP contribution in [0.3, 0.4) is 0 Å². The van der Waals surface area contributed by atoms with Crippen LogP contribution in [0, 0.1) is 5.82 Å². The summed E-state index contributed by atoms with van der Waals surface area (Å²) in [6.07, 6.45) is 3.02. The molecule has 0 unspecified atom stereocenters. The van der Waals surface area contributed by atoms with Crippen LogP contribution in [0.2, 0.25) is 0 Å². The molecule has 0 radical (unpaired) electrons. The minimum absolute atomic E-state index is 0.0420. The van der Waals surface area contributed by atoms with Gasteiger partial charge in [-0.05, 0) is 23.8 Å². The Bertz CT molecular complexity index is 1090. The maximum atomic E-state index is 13.8. The Morgan fingerprint density at radius 3 is 2.79 bits per heavy atom. The highest BCUT2D eigenvalue weighted by Crippen LogP contribution is 2.19. The van der Waals surface area contributed by atoms with Crippen molar-refractivity contribution >= 4 is 12.0 Å². The Hall–Kier alpha value is -4.08. The molecule has 0 aliphatic heterocycles. The molecule has 0 aliphatic rings. The fourth-order valence-electron chi connectivity index (χ4n) is 2.63. The van der Waals surface area contributed by atoms with Crippen molar-refractivity contribution in [2.45, 2.75) is 6.54 Å². The number of carbonyl (C=O) groups excluding carboxylic acids is 1. The zero-order chi connectivity index (χ0) is 19.3. The molecule has 2 aromatic carbocycles. The average molecular weight is 378 g/mol. The summed E-state index contributed by atoms with van der Waals surface area (Å²) >= 11 is 0. The first-order valence-electron chi connectivity index (χ1n) is 8.36. The molecule has 2 amide bonds. The summed E-state index contributed by atoms with van der Waals surface area (Å²) in [5, 5.41) is 15.8. The van der Waals surface area contributed by atoms with Crippen LogP contribution in [0.4, 0.5) is 15.1 Å². The topological polar surface area (TPSA) is 113 Å². The van der Waals surface area contributed by atoms with Crippen LogP contribution in [-0.4, -0.2) is 36.0 Å². The average Bonchev–Trinajstić information content (AvgIpc) is 3.39. The van der Waals surface area contributed by atoms with E-state index in [0.29, 0.717) is 0 Å². The van der Waals surface area contributed by atoms with E-state index in [-0.39, 0.29) is 23.9 Å². The summed E-state index contributed by atoms with van der Waals surface area (Å²) in [5.41, 5.74) is 1.93. The minimum Gasteiger partial charge on any atom is -0.334 e. The SMILES string of the molecule is O=C(NCc1ccccc1-n1cncn1)Nc1n[nH]c(-c2ccccc2F)n1. The van der Waals surface area contributed by atoms with E-state index in [0.717, 1.165) is 11.3 Å². The lowest BCUT2D eigenvalue weighted by atomic mass is 10.2. The van der Waals surface area contributed by atoms with Gasteiger partial charge in [0.05, 0.1) is 11.3 Å². The molecular formula is C18H15FN8O. The zero-order valence-electron chi connectivity index (χ0n) is 14.5. The number of H-pyrrole nitrogens is 1. The van der Waals surface area contributed by atoms with Crippen LogP contribution in [0.15, 0.2) is 61.2 Å². The number of aromatic nitrogens is 6. The number of hydrogen-bond acceptors (Lipinski definition) is 5. The van der Waals surface area contributed by atoms with Gasteiger partial charge in [0.15, 0.2) is 5.82 Å². The van der Waals surface area contributed by atoms with Crippen molar-refractivity contribution in [3.05, 3.63) is 72.6 Å². The number of anilines is 1. The predicted molar refractivity (Wildman–Crippen MR) is 99.0 cm³/mol. The number of benzene rings is 2. The number of halogens is 1. The van der Waals surface area contributed by atoms with Crippen LogP contribution in [-0.2, 0) is 6.54 Å². The van der Waals surface area contributed by atoms with Crippen molar-refractivity contribution in [2.24, 2.45) is 0 Å². The van der Waals surface area contributed by atoms with Gasteiger partial charge < -0.3 is 5.32 Å². The molecule has 0 bridgehead atoms. The molecule has 0 atom stereocenters. The van der Waals surface area contributed by atoms with Crippen LogP contribution >= 0.6 is 0 Å². The normalized spacial score (nSPS) is 10.6. The second kappa shape index (κ2) is 7.66. The molecule has 0 saturated heterocycles. The van der Waals surface area contributed by atoms with Gasteiger partial charge in [-0.3, -0.25) is 10.4 Å². The van der Waals surface area contributed by atoms with Gasteiger partial charge in [0.1, 0.15) is 18.5 Å². The lowest BCUT2D eigenvalue weighted by Crippen LogP contribution is -2.29. The van der Waals surface area contributed by atoms with E-state index < -0.39 is 11.8 Å². The Balaban J connectivity index is 1.41. The number of aromatic amines is 1. The molecule has 28 heavy (non-hydrogen) atoms. The Labute approximate surface area is 158 Å². The lowest BCUT2D eigenvalue weighted by Gasteiger charge is -2.10. The van der Waals surface area contributed by atoms with E-state index in [1.807, 2.05) is 24.3 Å². The van der Waals surface area contributed by atoms with E-state index >= 15 is 0 Å². The first-order chi connectivity index (χ1) is 13.7. The van der Waals surface area contributed by atoms with Gasteiger partial charge in [0.2, 0.25) is 5.95 Å². The molecule has 4 rings (SSSR count). The third-order valence-electron chi connectivity index (χ3n) is 3.94. The molecule has 4 aromatic rings. The number of hydrogen-bond donors (Lipinski definition) is 3. The molecule has 140 valence electrons. The smallest absolute Gasteiger partial charge is 0.321 e. The van der Waals surface area contributed by atoms with Gasteiger partial charge in [-0.25, -0.2) is 18.9 Å². The number of para-hydroxylation sites is 1. The maximum absolute atomic E-state index is 13.8. The number of amides is 2. The summed E-state index contributed by atoms with van der Waals surface area (Å²) in [7, 11) is 0. The Morgan fingerprint density at radius 1 is 1.14 bits per heavy atom. The minimum atomic E-state index is -0.493. The lowest BCUT2D eigenvalue weighted by molar-refractivity contribution is 0.251. The van der Waals surface area contributed by atoms with E-state index in [2.05, 4.69) is 35.9 Å². The van der Waals surface area contributed by atoms with Crippen molar-refractivity contribution < 1.29 is 9.18 Å². The Morgan fingerprint density at radius 2 is 1.96 bits per heavy atom. The van der Waals surface area contributed by atoms with E-state index in [1.54, 1.807) is 29.2 Å². The van der Waals surface area contributed by atoms with Crippen LogP contribution in [0.5, 0.6) is 0 Å². The third-order valence-corrected chi connectivity index (χ3v) is 3.94. The van der Waals surface area contributed by atoms with Crippen molar-refractivity contribution in [3.8, 4) is 17.1 Å². The second-order valence-electron chi connectivity index (χ2n) is 5.76. The molecule has 3 N–H and O–H groups in total. The highest BCUT2D eigenvalue weighted by Gasteiger charge is 2.12. The van der Waals surface area contributed by atoms with E-state index in [9.17, 15) is 9.18 Å². The quantitative estimate of drug-likeness (QED) is 0.494. The predicted octanol–water partition coefficient (Wildman–Crippen LogP) is 2.51. The summed E-state index contributed by atoms with van der Waals surface area (Å²) < 4.78 is 15.4. The summed E-state index contributed by atoms with van der Waals surface area (Å²) in [6.45, 7) is 0.256. The molecule has 0 saturated carbocycles. The van der Waals surface area contributed by atoms with Gasteiger partial charge in [-0.1, -0.05) is 30.3 Å². The van der Waals surface area contributed by atoms with Gasteiger partial charge in [-0.2, -0.15) is 10.1 Å². The monoisotopic (exact) mass is 378 g/mol. The maximum Gasteiger partial charge on any atom is 0.321 e. The van der Waals surface area contributed by atoms with Crippen molar-refractivity contribution in [1.82, 2.24) is 35.3 Å². The molecule has 0 fully saturated rings. The second-order valence-corrected chi connectivity index (χ2v) is 5.76. The Kier molecular flexibility index (Phi) is 4.74. The summed E-state index contributed by atoms with van der Waals surface area (Å²) in [5.74, 6) is -0.162. The van der Waals surface area contributed by atoms with Gasteiger partial charge in [-0.15, -0.1) is 5.10 Å². The molecule has 2 aromatic heterocycles. The van der Waals surface area contributed by atoms with Crippen molar-refractivity contribution in [2.75, 3.05) is 5.32 Å². The van der Waals surface area contributed by atoms with Gasteiger partial charge in [0.25, 0.3) is 0 Å². The highest BCUT2D eigenvalue weighted by atomic mass is 19.1. The number of nitrogens with one attached hydrogen (secondary N) is 3. The van der Waals surface area contributed by atoms with Gasteiger partial charge >= 0.3 is 6.03 Å². The van der Waals surface area contributed by atoms with E-state index in [4.69, 9.17) is 0 Å². The fraction of sp³-hybridized carbons (Fsp3) is 0.0556. The molecule has 0 spiro atoms. The third kappa shape index (κ3) is 3.70. The van der Waals surface area contributed by atoms with Crippen molar-refractivity contribution in [3.63, 3.8) is 0 Å². The number of urea groups is 1. The summed E-state index contributed by atoms with van der Waals surface area (Å²) in [6, 6.07) is 13.2. The first kappa shape index (κ1) is 17.3. The van der Waals surface area contributed by atoms with Crippen LogP contribution < -0.4 is 10.6 Å². The molecular weight excluding hydrogens is 363 g/mol. The highest BCUT2D eigenvalue weighted by molar-refractivity contribution is 5.87. The largest absolute Gasteiger partial charge is 0.334 e. The standard InChI is InChI=1S/C18H15FN8O/c19-14-7-3-2-6-13(14)16-23-17(26-25-16)24-18(28)21-9-12-5-1-4-8-15(12)27-11-20-10-22-27/h1-8,10-11H,9H2,(H3,21,23,24,25,26,28). The molecule has 0 aliphatic carbocycles. The van der Waals surface area contributed by atoms with E-state index in [1.165, 1.54) is 12.4 Å². The zero-order valence-corrected chi connectivity index (χ0v) is 14.5.